The average Bonchev–Trinajstić information content (AvgIpc) is 3.33. The fourth-order valence-electron chi connectivity index (χ4n) is 2.09. The Morgan fingerprint density at radius 2 is 2.05 bits per heavy atom. The normalized spacial score (nSPS) is 14.0. The largest absolute Gasteiger partial charge is 0.464 e. The molecular formula is C15H12Cl2N2O2. The molecule has 1 aromatic carbocycles. The number of hydrogen-bond donors (Lipinski definition) is 0. The SMILES string of the molecule is COC(=O)c1nc(C2CC2)ncc1-c1cc(Cl)ccc1Cl. The number of methoxy groups -OCH3 is 1. The van der Waals surface area contributed by atoms with Gasteiger partial charge in [-0.05, 0) is 31.0 Å². The van der Waals surface area contributed by atoms with Gasteiger partial charge in [-0.25, -0.2) is 14.8 Å². The summed E-state index contributed by atoms with van der Waals surface area (Å²) in [6.07, 6.45) is 3.72. The van der Waals surface area contributed by atoms with Crippen molar-refractivity contribution >= 4 is 29.2 Å². The second-order valence-corrected chi connectivity index (χ2v) is 5.72. The molecule has 1 aromatic heterocycles. The fraction of sp³-hybridized carbons (Fsp3) is 0.267. The summed E-state index contributed by atoms with van der Waals surface area (Å²) >= 11 is 12.2. The van der Waals surface area contributed by atoms with Crippen molar-refractivity contribution in [3.8, 4) is 11.1 Å². The first kappa shape index (κ1) is 14.3. The minimum absolute atomic E-state index is 0.221. The Hall–Kier alpha value is -1.65. The fourth-order valence-corrected chi connectivity index (χ4v) is 2.48. The van der Waals surface area contributed by atoms with Gasteiger partial charge in [-0.2, -0.15) is 0 Å². The Labute approximate surface area is 132 Å². The molecule has 0 N–H and O–H groups in total. The highest BCUT2D eigenvalue weighted by atomic mass is 35.5. The molecular weight excluding hydrogens is 311 g/mol. The molecule has 0 aliphatic heterocycles. The van der Waals surface area contributed by atoms with Crippen LogP contribution in [0, 0.1) is 0 Å². The molecule has 1 heterocycles. The Morgan fingerprint density at radius 3 is 2.71 bits per heavy atom. The topological polar surface area (TPSA) is 52.1 Å². The quantitative estimate of drug-likeness (QED) is 0.798. The van der Waals surface area contributed by atoms with Gasteiger partial charge in [0.15, 0.2) is 5.69 Å². The first-order valence-electron chi connectivity index (χ1n) is 6.51. The summed E-state index contributed by atoms with van der Waals surface area (Å²) in [5.41, 5.74) is 1.37. The number of hydrogen-bond acceptors (Lipinski definition) is 4. The maximum atomic E-state index is 12.0. The van der Waals surface area contributed by atoms with Crippen LogP contribution in [-0.2, 0) is 4.74 Å². The molecule has 108 valence electrons. The van der Waals surface area contributed by atoms with Crippen LogP contribution in [-0.4, -0.2) is 23.0 Å². The van der Waals surface area contributed by atoms with Gasteiger partial charge in [0.05, 0.1) is 7.11 Å². The van der Waals surface area contributed by atoms with Gasteiger partial charge < -0.3 is 4.74 Å². The van der Waals surface area contributed by atoms with Gasteiger partial charge in [0, 0.05) is 33.3 Å². The monoisotopic (exact) mass is 322 g/mol. The van der Waals surface area contributed by atoms with Crippen molar-refractivity contribution < 1.29 is 9.53 Å². The molecule has 0 amide bonds. The van der Waals surface area contributed by atoms with Crippen molar-refractivity contribution in [2.24, 2.45) is 0 Å². The molecule has 21 heavy (non-hydrogen) atoms. The van der Waals surface area contributed by atoms with Crippen LogP contribution in [0.5, 0.6) is 0 Å². The zero-order valence-electron chi connectivity index (χ0n) is 11.3. The van der Waals surface area contributed by atoms with Crippen molar-refractivity contribution in [3.63, 3.8) is 0 Å². The molecule has 6 heteroatoms. The van der Waals surface area contributed by atoms with E-state index in [1.807, 2.05) is 0 Å². The van der Waals surface area contributed by atoms with E-state index in [1.165, 1.54) is 7.11 Å². The van der Waals surface area contributed by atoms with Crippen molar-refractivity contribution in [1.82, 2.24) is 9.97 Å². The predicted molar refractivity (Wildman–Crippen MR) is 80.8 cm³/mol. The molecule has 2 aromatic rings. The third-order valence-electron chi connectivity index (χ3n) is 3.35. The number of halogens is 2. The summed E-state index contributed by atoms with van der Waals surface area (Å²) in [7, 11) is 1.32. The van der Waals surface area contributed by atoms with E-state index in [1.54, 1.807) is 24.4 Å². The second kappa shape index (κ2) is 5.62. The number of benzene rings is 1. The summed E-state index contributed by atoms with van der Waals surface area (Å²) in [6.45, 7) is 0. The predicted octanol–water partition coefficient (Wildman–Crippen LogP) is 4.11. The molecule has 4 nitrogen and oxygen atoms in total. The van der Waals surface area contributed by atoms with E-state index in [9.17, 15) is 4.79 Å². The highest BCUT2D eigenvalue weighted by Gasteiger charge is 2.29. The maximum Gasteiger partial charge on any atom is 0.357 e. The molecule has 1 aliphatic rings. The summed E-state index contributed by atoms with van der Waals surface area (Å²) in [4.78, 5) is 20.7. The van der Waals surface area contributed by atoms with Gasteiger partial charge in [0.25, 0.3) is 0 Å². The third-order valence-corrected chi connectivity index (χ3v) is 3.91. The summed E-state index contributed by atoms with van der Waals surface area (Å²) < 4.78 is 4.82. The standard InChI is InChI=1S/C15H12Cl2N2O2/c1-21-15(20)13-11(7-18-14(19-13)8-2-3-8)10-6-9(16)4-5-12(10)17/h4-8H,2-3H2,1H3. The highest BCUT2D eigenvalue weighted by Crippen LogP contribution is 2.39. The van der Waals surface area contributed by atoms with Crippen LogP contribution < -0.4 is 0 Å². The second-order valence-electron chi connectivity index (χ2n) is 4.88. The molecule has 0 radical (unpaired) electrons. The van der Waals surface area contributed by atoms with E-state index >= 15 is 0 Å². The van der Waals surface area contributed by atoms with Gasteiger partial charge in [-0.15, -0.1) is 0 Å². The lowest BCUT2D eigenvalue weighted by Crippen LogP contribution is -2.10. The Kier molecular flexibility index (Phi) is 3.83. The van der Waals surface area contributed by atoms with E-state index < -0.39 is 5.97 Å². The van der Waals surface area contributed by atoms with Crippen LogP contribution in [0.4, 0.5) is 0 Å². The van der Waals surface area contributed by atoms with Gasteiger partial charge in [0.1, 0.15) is 5.82 Å². The summed E-state index contributed by atoms with van der Waals surface area (Å²) in [5.74, 6) is 0.514. The van der Waals surface area contributed by atoms with E-state index in [2.05, 4.69) is 9.97 Å². The zero-order valence-corrected chi connectivity index (χ0v) is 12.8. The van der Waals surface area contributed by atoms with Gasteiger partial charge >= 0.3 is 5.97 Å². The molecule has 3 rings (SSSR count). The van der Waals surface area contributed by atoms with E-state index in [-0.39, 0.29) is 5.69 Å². The highest BCUT2D eigenvalue weighted by molar-refractivity contribution is 6.35. The number of rotatable bonds is 3. The lowest BCUT2D eigenvalue weighted by Gasteiger charge is -2.10. The maximum absolute atomic E-state index is 12.0. The van der Waals surface area contributed by atoms with Crippen molar-refractivity contribution in [3.05, 3.63) is 46.0 Å². The molecule has 1 aliphatic carbocycles. The number of aromatic nitrogens is 2. The van der Waals surface area contributed by atoms with Gasteiger partial charge in [-0.3, -0.25) is 0 Å². The molecule has 0 spiro atoms. The van der Waals surface area contributed by atoms with Crippen LogP contribution in [0.25, 0.3) is 11.1 Å². The lowest BCUT2D eigenvalue weighted by atomic mass is 10.1. The van der Waals surface area contributed by atoms with Crippen LogP contribution >= 0.6 is 23.2 Å². The summed E-state index contributed by atoms with van der Waals surface area (Å²) in [5, 5.41) is 1.00. The number of nitrogens with zero attached hydrogens (tertiary/aromatic N) is 2. The van der Waals surface area contributed by atoms with E-state index in [0.717, 1.165) is 12.8 Å². The Bertz CT molecular complexity index is 715. The molecule has 0 atom stereocenters. The molecule has 0 saturated heterocycles. The van der Waals surface area contributed by atoms with E-state index in [4.69, 9.17) is 27.9 Å². The van der Waals surface area contributed by atoms with E-state index in [0.29, 0.717) is 32.9 Å². The zero-order chi connectivity index (χ0) is 15.0. The van der Waals surface area contributed by atoms with Gasteiger partial charge in [0.2, 0.25) is 0 Å². The first-order chi connectivity index (χ1) is 10.1. The summed E-state index contributed by atoms with van der Waals surface area (Å²) in [6, 6.07) is 5.05. The Balaban J connectivity index is 2.16. The van der Waals surface area contributed by atoms with Crippen molar-refractivity contribution in [2.75, 3.05) is 7.11 Å². The molecule has 1 saturated carbocycles. The van der Waals surface area contributed by atoms with Crippen molar-refractivity contribution in [2.45, 2.75) is 18.8 Å². The molecule has 0 unspecified atom stereocenters. The van der Waals surface area contributed by atoms with Crippen LogP contribution in [0.3, 0.4) is 0 Å². The molecule has 1 fully saturated rings. The number of carbonyl (C=O) groups is 1. The van der Waals surface area contributed by atoms with Crippen LogP contribution in [0.1, 0.15) is 35.1 Å². The average molecular weight is 323 g/mol. The first-order valence-corrected chi connectivity index (χ1v) is 7.26. The Morgan fingerprint density at radius 1 is 1.29 bits per heavy atom. The number of carbonyl (C=O) groups excluding carboxylic acids is 1. The minimum atomic E-state index is -0.509. The lowest BCUT2D eigenvalue weighted by molar-refractivity contribution is 0.0594. The number of ether oxygens (including phenoxy) is 1. The molecule has 0 bridgehead atoms. The smallest absolute Gasteiger partial charge is 0.357 e. The third kappa shape index (κ3) is 2.87. The van der Waals surface area contributed by atoms with Crippen molar-refractivity contribution in [1.29, 1.82) is 0 Å². The van der Waals surface area contributed by atoms with Crippen LogP contribution in [0.15, 0.2) is 24.4 Å². The number of esters is 1. The van der Waals surface area contributed by atoms with Crippen LogP contribution in [0.2, 0.25) is 10.0 Å². The minimum Gasteiger partial charge on any atom is -0.464 e. The van der Waals surface area contributed by atoms with Gasteiger partial charge in [-0.1, -0.05) is 23.2 Å².